The Morgan fingerprint density at radius 2 is 2.25 bits per heavy atom. The SMILES string of the molecule is CCn1nc(C)c(N)c1C(=O)Nc1ccc(F)c(Cl)c1. The third kappa shape index (κ3) is 2.60. The Bertz CT molecular complexity index is 669. The third-order valence-corrected chi connectivity index (χ3v) is 3.16. The van der Waals surface area contributed by atoms with E-state index < -0.39 is 11.7 Å². The number of halogens is 2. The number of rotatable bonds is 3. The van der Waals surface area contributed by atoms with E-state index in [9.17, 15) is 9.18 Å². The number of nitrogens with zero attached hydrogens (tertiary/aromatic N) is 2. The Morgan fingerprint density at radius 1 is 1.55 bits per heavy atom. The van der Waals surface area contributed by atoms with Gasteiger partial charge in [0.05, 0.1) is 16.4 Å². The van der Waals surface area contributed by atoms with Crippen LogP contribution in [-0.2, 0) is 6.54 Å². The molecular weight excluding hydrogens is 283 g/mol. The molecule has 2 aromatic rings. The molecule has 0 aliphatic rings. The molecular formula is C13H14ClFN4O. The molecule has 0 saturated heterocycles. The molecule has 1 amide bonds. The Labute approximate surface area is 120 Å². The maximum atomic E-state index is 13.1. The van der Waals surface area contributed by atoms with Gasteiger partial charge in [0.15, 0.2) is 0 Å². The molecule has 0 aliphatic carbocycles. The molecule has 0 saturated carbocycles. The molecule has 2 rings (SSSR count). The minimum Gasteiger partial charge on any atom is -0.395 e. The van der Waals surface area contributed by atoms with Gasteiger partial charge >= 0.3 is 0 Å². The number of aromatic nitrogens is 2. The van der Waals surface area contributed by atoms with Crippen molar-refractivity contribution in [2.24, 2.45) is 0 Å². The molecule has 1 heterocycles. The van der Waals surface area contributed by atoms with E-state index in [-0.39, 0.29) is 10.7 Å². The normalized spacial score (nSPS) is 10.6. The third-order valence-electron chi connectivity index (χ3n) is 2.87. The van der Waals surface area contributed by atoms with E-state index in [1.54, 1.807) is 6.92 Å². The highest BCUT2D eigenvalue weighted by atomic mass is 35.5. The van der Waals surface area contributed by atoms with Crippen LogP contribution in [0.25, 0.3) is 0 Å². The number of aryl methyl sites for hydroxylation is 2. The highest BCUT2D eigenvalue weighted by molar-refractivity contribution is 6.31. The summed E-state index contributed by atoms with van der Waals surface area (Å²) in [6.45, 7) is 4.11. The van der Waals surface area contributed by atoms with Gasteiger partial charge < -0.3 is 11.1 Å². The van der Waals surface area contributed by atoms with Crippen molar-refractivity contribution in [2.45, 2.75) is 20.4 Å². The molecule has 0 aliphatic heterocycles. The molecule has 1 aromatic heterocycles. The number of carbonyl (C=O) groups excluding carboxylic acids is 1. The van der Waals surface area contributed by atoms with Gasteiger partial charge in [-0.3, -0.25) is 9.48 Å². The monoisotopic (exact) mass is 296 g/mol. The minimum atomic E-state index is -0.543. The minimum absolute atomic E-state index is 0.0593. The van der Waals surface area contributed by atoms with Gasteiger partial charge in [0.1, 0.15) is 11.5 Å². The largest absolute Gasteiger partial charge is 0.395 e. The zero-order valence-corrected chi connectivity index (χ0v) is 11.8. The van der Waals surface area contributed by atoms with Gasteiger partial charge in [0.25, 0.3) is 5.91 Å². The topological polar surface area (TPSA) is 72.9 Å². The van der Waals surface area contributed by atoms with Crippen molar-refractivity contribution in [2.75, 3.05) is 11.1 Å². The van der Waals surface area contributed by atoms with E-state index in [4.69, 9.17) is 17.3 Å². The van der Waals surface area contributed by atoms with Crippen LogP contribution in [0, 0.1) is 12.7 Å². The molecule has 7 heteroatoms. The second kappa shape index (κ2) is 5.50. The van der Waals surface area contributed by atoms with Gasteiger partial charge in [-0.15, -0.1) is 0 Å². The molecule has 0 atom stereocenters. The number of hydrogen-bond acceptors (Lipinski definition) is 3. The summed E-state index contributed by atoms with van der Waals surface area (Å²) in [6.07, 6.45) is 0. The zero-order valence-electron chi connectivity index (χ0n) is 11.1. The fourth-order valence-electron chi connectivity index (χ4n) is 1.83. The zero-order chi connectivity index (χ0) is 14.9. The first-order valence-electron chi connectivity index (χ1n) is 6.03. The van der Waals surface area contributed by atoms with Crippen LogP contribution >= 0.6 is 11.6 Å². The van der Waals surface area contributed by atoms with Gasteiger partial charge in [-0.1, -0.05) is 11.6 Å². The average molecular weight is 297 g/mol. The molecule has 1 aromatic carbocycles. The first kappa shape index (κ1) is 14.3. The predicted octanol–water partition coefficient (Wildman–Crippen LogP) is 2.84. The molecule has 0 radical (unpaired) electrons. The summed E-state index contributed by atoms with van der Waals surface area (Å²) in [5.41, 5.74) is 7.45. The van der Waals surface area contributed by atoms with E-state index in [1.165, 1.54) is 22.9 Å². The van der Waals surface area contributed by atoms with Crippen molar-refractivity contribution < 1.29 is 9.18 Å². The van der Waals surface area contributed by atoms with Crippen LogP contribution in [0.2, 0.25) is 5.02 Å². The fourth-order valence-corrected chi connectivity index (χ4v) is 2.01. The molecule has 106 valence electrons. The number of hydrogen-bond donors (Lipinski definition) is 2. The summed E-state index contributed by atoms with van der Waals surface area (Å²) in [6, 6.07) is 3.95. The summed E-state index contributed by atoms with van der Waals surface area (Å²) in [5.74, 6) is -0.953. The van der Waals surface area contributed by atoms with Gasteiger partial charge in [0, 0.05) is 12.2 Å². The standard InChI is InChI=1S/C13H14ClFN4O/c1-3-19-12(11(16)7(2)18-19)13(20)17-8-4-5-10(15)9(14)6-8/h4-6H,3,16H2,1-2H3,(H,17,20). The van der Waals surface area contributed by atoms with Gasteiger partial charge in [-0.2, -0.15) is 5.10 Å². The highest BCUT2D eigenvalue weighted by Crippen LogP contribution is 2.22. The van der Waals surface area contributed by atoms with E-state index in [1.807, 2.05) is 6.92 Å². The summed E-state index contributed by atoms with van der Waals surface area (Å²) in [7, 11) is 0. The summed E-state index contributed by atoms with van der Waals surface area (Å²) in [5, 5.41) is 6.73. The van der Waals surface area contributed by atoms with Crippen LogP contribution in [0.1, 0.15) is 23.1 Å². The van der Waals surface area contributed by atoms with Crippen LogP contribution in [-0.4, -0.2) is 15.7 Å². The number of nitrogens with two attached hydrogens (primary N) is 1. The fraction of sp³-hybridized carbons (Fsp3) is 0.231. The maximum absolute atomic E-state index is 13.1. The van der Waals surface area contributed by atoms with Gasteiger partial charge in [0.2, 0.25) is 0 Å². The predicted molar refractivity (Wildman–Crippen MR) is 76.4 cm³/mol. The van der Waals surface area contributed by atoms with E-state index in [0.29, 0.717) is 23.6 Å². The van der Waals surface area contributed by atoms with Crippen molar-refractivity contribution in [3.05, 3.63) is 40.4 Å². The number of benzene rings is 1. The number of anilines is 2. The van der Waals surface area contributed by atoms with Crippen molar-refractivity contribution in [3.63, 3.8) is 0 Å². The summed E-state index contributed by atoms with van der Waals surface area (Å²) < 4.78 is 14.6. The first-order valence-corrected chi connectivity index (χ1v) is 6.41. The number of amides is 1. The lowest BCUT2D eigenvalue weighted by Crippen LogP contribution is -2.18. The molecule has 0 spiro atoms. The van der Waals surface area contributed by atoms with Crippen LogP contribution in [0.4, 0.5) is 15.8 Å². The molecule has 3 N–H and O–H groups in total. The van der Waals surface area contributed by atoms with Crippen molar-refractivity contribution in [3.8, 4) is 0 Å². The summed E-state index contributed by atoms with van der Waals surface area (Å²) in [4.78, 5) is 12.2. The number of nitrogens with one attached hydrogen (secondary N) is 1. The van der Waals surface area contributed by atoms with E-state index in [2.05, 4.69) is 10.4 Å². The highest BCUT2D eigenvalue weighted by Gasteiger charge is 2.19. The lowest BCUT2D eigenvalue weighted by Gasteiger charge is -2.08. The van der Waals surface area contributed by atoms with Crippen molar-refractivity contribution in [1.29, 1.82) is 0 Å². The van der Waals surface area contributed by atoms with Crippen molar-refractivity contribution >= 4 is 28.9 Å². The van der Waals surface area contributed by atoms with Crippen molar-refractivity contribution in [1.82, 2.24) is 9.78 Å². The van der Waals surface area contributed by atoms with Crippen LogP contribution in [0.15, 0.2) is 18.2 Å². The number of carbonyl (C=O) groups is 1. The second-order valence-corrected chi connectivity index (χ2v) is 4.65. The van der Waals surface area contributed by atoms with Crippen LogP contribution in [0.3, 0.4) is 0 Å². The lowest BCUT2D eigenvalue weighted by atomic mass is 10.2. The second-order valence-electron chi connectivity index (χ2n) is 4.25. The molecule has 0 bridgehead atoms. The van der Waals surface area contributed by atoms with E-state index >= 15 is 0 Å². The molecule has 0 fully saturated rings. The van der Waals surface area contributed by atoms with Gasteiger partial charge in [-0.25, -0.2) is 4.39 Å². The average Bonchev–Trinajstić information content (AvgIpc) is 2.69. The summed E-state index contributed by atoms with van der Waals surface area (Å²) >= 11 is 5.67. The Kier molecular flexibility index (Phi) is 3.94. The quantitative estimate of drug-likeness (QED) is 0.914. The Balaban J connectivity index is 2.30. The van der Waals surface area contributed by atoms with E-state index in [0.717, 1.165) is 0 Å². The Hall–Kier alpha value is -2.08. The lowest BCUT2D eigenvalue weighted by molar-refractivity contribution is 0.101. The molecule has 20 heavy (non-hydrogen) atoms. The van der Waals surface area contributed by atoms with Crippen LogP contribution in [0.5, 0.6) is 0 Å². The molecule has 0 unspecified atom stereocenters. The van der Waals surface area contributed by atoms with Gasteiger partial charge in [-0.05, 0) is 32.0 Å². The van der Waals surface area contributed by atoms with Crippen LogP contribution < -0.4 is 11.1 Å². The number of nitrogen functional groups attached to an aromatic ring is 1. The smallest absolute Gasteiger partial charge is 0.276 e. The maximum Gasteiger partial charge on any atom is 0.276 e. The Morgan fingerprint density at radius 3 is 2.85 bits per heavy atom. The first-order chi connectivity index (χ1) is 9.43. The molecule has 5 nitrogen and oxygen atoms in total.